The number of nitrogens with zero attached hydrogens (tertiary/aromatic N) is 1. The van der Waals surface area contributed by atoms with Gasteiger partial charge in [-0.2, -0.15) is 0 Å². The van der Waals surface area contributed by atoms with Crippen LogP contribution in [-0.2, 0) is 4.74 Å². The van der Waals surface area contributed by atoms with Gasteiger partial charge in [0, 0.05) is 34.1 Å². The number of rotatable bonds is 4. The van der Waals surface area contributed by atoms with Crippen molar-refractivity contribution >= 4 is 39.9 Å². The van der Waals surface area contributed by atoms with Crippen LogP contribution >= 0.6 is 0 Å². The van der Waals surface area contributed by atoms with E-state index in [1.807, 2.05) is 31.2 Å². The second-order valence-electron chi connectivity index (χ2n) is 6.43. The van der Waals surface area contributed by atoms with Crippen LogP contribution in [0.15, 0.2) is 54.6 Å². The van der Waals surface area contributed by atoms with Gasteiger partial charge in [-0.1, -0.05) is 12.1 Å². The number of hydrogen-bond donors (Lipinski definition) is 1. The second kappa shape index (κ2) is 6.81. The van der Waals surface area contributed by atoms with Crippen molar-refractivity contribution in [2.24, 2.45) is 0 Å². The highest BCUT2D eigenvalue weighted by molar-refractivity contribution is 6.27. The molecule has 0 radical (unpaired) electrons. The van der Waals surface area contributed by atoms with Gasteiger partial charge in [-0.3, -0.25) is 9.59 Å². The predicted octanol–water partition coefficient (Wildman–Crippen LogP) is 3.86. The molecular weight excluding hydrogens is 356 g/mol. The molecule has 0 aliphatic carbocycles. The number of benzene rings is 3. The number of methoxy groups -OCH3 is 1. The SMILES string of the molecule is CCN1C(=O)c2cccc3c(NC(=O)c4ccc(C(=O)OC)cc4)ccc1c23. The molecule has 28 heavy (non-hydrogen) atoms. The zero-order valence-electron chi connectivity index (χ0n) is 15.5. The van der Waals surface area contributed by atoms with E-state index in [0.717, 1.165) is 16.5 Å². The van der Waals surface area contributed by atoms with Crippen LogP contribution in [0.1, 0.15) is 38.0 Å². The molecule has 3 aromatic rings. The summed E-state index contributed by atoms with van der Waals surface area (Å²) in [6.45, 7) is 2.52. The Morgan fingerprint density at radius 2 is 1.71 bits per heavy atom. The standard InChI is InChI=1S/C22H18N2O4/c1-3-24-18-12-11-17(15-5-4-6-16(19(15)18)21(24)26)23-20(25)13-7-9-14(10-8-13)22(27)28-2/h4-12H,3H2,1-2H3,(H,23,25). The van der Waals surface area contributed by atoms with E-state index in [4.69, 9.17) is 0 Å². The number of esters is 1. The molecule has 0 fully saturated rings. The molecule has 0 saturated carbocycles. The molecule has 1 N–H and O–H groups in total. The first-order valence-corrected chi connectivity index (χ1v) is 8.92. The number of amides is 2. The normalized spacial score (nSPS) is 12.4. The molecule has 1 aliphatic rings. The molecule has 0 aromatic heterocycles. The summed E-state index contributed by atoms with van der Waals surface area (Å²) in [6.07, 6.45) is 0. The van der Waals surface area contributed by atoms with Gasteiger partial charge in [0.25, 0.3) is 11.8 Å². The van der Waals surface area contributed by atoms with Crippen LogP contribution in [-0.4, -0.2) is 31.4 Å². The van der Waals surface area contributed by atoms with Gasteiger partial charge in [0.1, 0.15) is 0 Å². The highest BCUT2D eigenvalue weighted by Crippen LogP contribution is 2.40. The van der Waals surface area contributed by atoms with Crippen LogP contribution in [0.2, 0.25) is 0 Å². The summed E-state index contributed by atoms with van der Waals surface area (Å²) in [5.74, 6) is -0.775. The zero-order valence-corrected chi connectivity index (χ0v) is 15.5. The summed E-state index contributed by atoms with van der Waals surface area (Å²) in [5.41, 5.74) is 2.93. The van der Waals surface area contributed by atoms with Crippen LogP contribution in [0, 0.1) is 0 Å². The summed E-state index contributed by atoms with van der Waals surface area (Å²) in [4.78, 5) is 38.5. The van der Waals surface area contributed by atoms with Gasteiger partial charge in [-0.25, -0.2) is 4.79 Å². The molecule has 140 valence electrons. The van der Waals surface area contributed by atoms with Crippen LogP contribution in [0.25, 0.3) is 10.8 Å². The summed E-state index contributed by atoms with van der Waals surface area (Å²) in [6, 6.07) is 15.4. The van der Waals surface area contributed by atoms with Gasteiger partial charge in [0.05, 0.1) is 18.4 Å². The highest BCUT2D eigenvalue weighted by atomic mass is 16.5. The minimum atomic E-state index is -0.454. The Morgan fingerprint density at radius 3 is 2.39 bits per heavy atom. The summed E-state index contributed by atoms with van der Waals surface area (Å²) < 4.78 is 4.66. The summed E-state index contributed by atoms with van der Waals surface area (Å²) >= 11 is 0. The van der Waals surface area contributed by atoms with Crippen LogP contribution < -0.4 is 10.2 Å². The lowest BCUT2D eigenvalue weighted by molar-refractivity contribution is 0.0600. The molecule has 1 heterocycles. The van der Waals surface area contributed by atoms with E-state index in [-0.39, 0.29) is 11.8 Å². The van der Waals surface area contributed by atoms with Crippen molar-refractivity contribution in [3.05, 3.63) is 71.3 Å². The third kappa shape index (κ3) is 2.70. The minimum absolute atomic E-state index is 0.0232. The fraction of sp³-hybridized carbons (Fsp3) is 0.136. The highest BCUT2D eigenvalue weighted by Gasteiger charge is 2.29. The largest absolute Gasteiger partial charge is 0.465 e. The maximum absolute atomic E-state index is 12.7. The summed E-state index contributed by atoms with van der Waals surface area (Å²) in [7, 11) is 1.31. The number of hydrogen-bond acceptors (Lipinski definition) is 4. The maximum Gasteiger partial charge on any atom is 0.337 e. The molecule has 3 aromatic carbocycles. The monoisotopic (exact) mass is 374 g/mol. The van der Waals surface area contributed by atoms with Gasteiger partial charge >= 0.3 is 5.97 Å². The first kappa shape index (κ1) is 17.7. The number of carbonyl (C=O) groups excluding carboxylic acids is 3. The molecule has 6 heteroatoms. The van der Waals surface area contributed by atoms with Crippen molar-refractivity contribution in [3.63, 3.8) is 0 Å². The van der Waals surface area contributed by atoms with E-state index < -0.39 is 5.97 Å². The van der Waals surface area contributed by atoms with Crippen molar-refractivity contribution < 1.29 is 19.1 Å². The smallest absolute Gasteiger partial charge is 0.337 e. The lowest BCUT2D eigenvalue weighted by Gasteiger charge is -2.15. The quantitative estimate of drug-likeness (QED) is 0.704. The van der Waals surface area contributed by atoms with Crippen LogP contribution in [0.4, 0.5) is 11.4 Å². The number of anilines is 2. The van der Waals surface area contributed by atoms with E-state index in [1.165, 1.54) is 7.11 Å². The van der Waals surface area contributed by atoms with Gasteiger partial charge in [0.2, 0.25) is 0 Å². The molecule has 0 atom stereocenters. The minimum Gasteiger partial charge on any atom is -0.465 e. The molecule has 4 rings (SSSR count). The van der Waals surface area contributed by atoms with E-state index in [1.54, 1.807) is 35.2 Å². The molecule has 0 unspecified atom stereocenters. The number of ether oxygens (including phenoxy) is 1. The molecule has 6 nitrogen and oxygen atoms in total. The fourth-order valence-corrected chi connectivity index (χ4v) is 3.54. The van der Waals surface area contributed by atoms with Gasteiger partial charge in [-0.15, -0.1) is 0 Å². The zero-order chi connectivity index (χ0) is 19.8. The van der Waals surface area contributed by atoms with E-state index in [2.05, 4.69) is 10.1 Å². The Bertz CT molecular complexity index is 1120. The Balaban J connectivity index is 1.68. The van der Waals surface area contributed by atoms with E-state index in [0.29, 0.717) is 28.9 Å². The molecule has 0 bridgehead atoms. The van der Waals surface area contributed by atoms with Crippen molar-refractivity contribution in [3.8, 4) is 0 Å². The molecule has 0 saturated heterocycles. The Morgan fingerprint density at radius 1 is 1.00 bits per heavy atom. The van der Waals surface area contributed by atoms with Crippen molar-refractivity contribution in [1.29, 1.82) is 0 Å². The molecule has 2 amide bonds. The third-order valence-corrected chi connectivity index (χ3v) is 4.92. The maximum atomic E-state index is 12.7. The Hall–Kier alpha value is -3.67. The van der Waals surface area contributed by atoms with E-state index >= 15 is 0 Å². The lowest BCUT2D eigenvalue weighted by Crippen LogP contribution is -2.25. The summed E-state index contributed by atoms with van der Waals surface area (Å²) in [5, 5.41) is 4.58. The average Bonchev–Trinajstić information content (AvgIpc) is 3.02. The second-order valence-corrected chi connectivity index (χ2v) is 6.43. The van der Waals surface area contributed by atoms with Gasteiger partial charge < -0.3 is 15.0 Å². The number of nitrogens with one attached hydrogen (secondary N) is 1. The van der Waals surface area contributed by atoms with E-state index in [9.17, 15) is 14.4 Å². The van der Waals surface area contributed by atoms with Crippen LogP contribution in [0.3, 0.4) is 0 Å². The van der Waals surface area contributed by atoms with Gasteiger partial charge in [0.15, 0.2) is 0 Å². The fourth-order valence-electron chi connectivity index (χ4n) is 3.54. The Kier molecular flexibility index (Phi) is 4.31. The number of carbonyl (C=O) groups is 3. The Labute approximate surface area is 161 Å². The molecular formula is C22H18N2O4. The van der Waals surface area contributed by atoms with Gasteiger partial charge in [-0.05, 0) is 49.4 Å². The lowest BCUT2D eigenvalue weighted by atomic mass is 10.0. The molecule has 0 spiro atoms. The molecule has 1 aliphatic heterocycles. The first-order chi connectivity index (χ1) is 13.5. The predicted molar refractivity (Wildman–Crippen MR) is 107 cm³/mol. The topological polar surface area (TPSA) is 75.7 Å². The first-order valence-electron chi connectivity index (χ1n) is 8.92. The van der Waals surface area contributed by atoms with Crippen molar-refractivity contribution in [2.45, 2.75) is 6.92 Å². The third-order valence-electron chi connectivity index (χ3n) is 4.92. The van der Waals surface area contributed by atoms with Crippen molar-refractivity contribution in [2.75, 3.05) is 23.9 Å². The average molecular weight is 374 g/mol. The van der Waals surface area contributed by atoms with Crippen molar-refractivity contribution in [1.82, 2.24) is 0 Å². The van der Waals surface area contributed by atoms with Crippen LogP contribution in [0.5, 0.6) is 0 Å².